The van der Waals surface area contributed by atoms with Gasteiger partial charge in [-0.1, -0.05) is 0 Å². The smallest absolute Gasteiger partial charge is 0.314 e. The third kappa shape index (κ3) is 1.69. The minimum atomic E-state index is -0.327. The number of carbonyl (C=O) groups excluding carboxylic acids is 1. The van der Waals surface area contributed by atoms with Crippen molar-refractivity contribution in [3.05, 3.63) is 0 Å². The molecule has 4 rings (SSSR count). The van der Waals surface area contributed by atoms with E-state index in [1.54, 1.807) is 0 Å². The van der Waals surface area contributed by atoms with Gasteiger partial charge in [-0.15, -0.1) is 0 Å². The fourth-order valence-electron chi connectivity index (χ4n) is 4.22. The second-order valence-electron chi connectivity index (χ2n) is 6.31. The van der Waals surface area contributed by atoms with E-state index in [0.29, 0.717) is 12.5 Å². The molecule has 1 aliphatic carbocycles. The summed E-state index contributed by atoms with van der Waals surface area (Å²) in [5.41, 5.74) is -0.394. The first-order valence-electron chi connectivity index (χ1n) is 7.15. The molecule has 2 bridgehead atoms. The molecule has 1 N–H and O–H groups in total. The van der Waals surface area contributed by atoms with E-state index >= 15 is 0 Å². The van der Waals surface area contributed by atoms with E-state index in [1.165, 1.54) is 0 Å². The van der Waals surface area contributed by atoms with Gasteiger partial charge in [0.2, 0.25) is 0 Å². The summed E-state index contributed by atoms with van der Waals surface area (Å²) in [5, 5.41) is 3.37. The van der Waals surface area contributed by atoms with Crippen LogP contribution in [0.5, 0.6) is 0 Å². The third-order valence-electron chi connectivity index (χ3n) is 4.83. The standard InChI is InChI=1S/C14H23NO3/c1-3-17-12(16)14-8-13(2,9-14)18-11(14)10-4-6-15-7-5-10/h10-11,15H,3-9H2,1-2H3. The fraction of sp³-hybridized carbons (Fsp3) is 0.929. The average Bonchev–Trinajstić information content (AvgIpc) is 2.80. The van der Waals surface area contributed by atoms with E-state index in [4.69, 9.17) is 9.47 Å². The van der Waals surface area contributed by atoms with Gasteiger partial charge in [0.1, 0.15) is 0 Å². The molecule has 4 aliphatic rings. The van der Waals surface area contributed by atoms with Crippen LogP contribution in [0.3, 0.4) is 0 Å². The van der Waals surface area contributed by atoms with E-state index in [0.717, 1.165) is 38.8 Å². The van der Waals surface area contributed by atoms with Gasteiger partial charge in [0.25, 0.3) is 0 Å². The Hall–Kier alpha value is -0.610. The molecule has 0 aromatic heterocycles. The van der Waals surface area contributed by atoms with Crippen molar-refractivity contribution >= 4 is 5.97 Å². The molecule has 0 amide bonds. The summed E-state index contributed by atoms with van der Waals surface area (Å²) in [4.78, 5) is 12.3. The highest BCUT2D eigenvalue weighted by atomic mass is 16.6. The second-order valence-corrected chi connectivity index (χ2v) is 6.31. The zero-order chi connectivity index (χ0) is 12.8. The summed E-state index contributed by atoms with van der Waals surface area (Å²) in [6.07, 6.45) is 4.02. The number of hydrogen-bond donors (Lipinski definition) is 1. The molecule has 102 valence electrons. The van der Waals surface area contributed by atoms with Crippen molar-refractivity contribution in [3.8, 4) is 0 Å². The number of carbonyl (C=O) groups is 1. The number of esters is 1. The van der Waals surface area contributed by atoms with Gasteiger partial charge in [0.05, 0.1) is 23.7 Å². The zero-order valence-electron chi connectivity index (χ0n) is 11.3. The Morgan fingerprint density at radius 2 is 2.06 bits per heavy atom. The van der Waals surface area contributed by atoms with Crippen LogP contribution in [-0.4, -0.2) is 37.4 Å². The SMILES string of the molecule is CCOC(=O)C12CC(C)(C1)OC2C1CCNCC1. The maximum absolute atomic E-state index is 12.3. The number of ether oxygens (including phenoxy) is 2. The van der Waals surface area contributed by atoms with Crippen LogP contribution in [0, 0.1) is 11.3 Å². The average molecular weight is 253 g/mol. The zero-order valence-corrected chi connectivity index (χ0v) is 11.3. The molecule has 0 aromatic carbocycles. The van der Waals surface area contributed by atoms with Crippen molar-refractivity contribution in [2.45, 2.75) is 51.2 Å². The van der Waals surface area contributed by atoms with Gasteiger partial charge in [-0.25, -0.2) is 0 Å². The number of hydrogen-bond acceptors (Lipinski definition) is 4. The van der Waals surface area contributed by atoms with E-state index in [2.05, 4.69) is 12.2 Å². The molecular weight excluding hydrogens is 230 g/mol. The van der Waals surface area contributed by atoms with Gasteiger partial charge in [0, 0.05) is 0 Å². The first-order chi connectivity index (χ1) is 8.60. The second kappa shape index (κ2) is 4.20. The molecule has 4 nitrogen and oxygen atoms in total. The first kappa shape index (κ1) is 12.4. The summed E-state index contributed by atoms with van der Waals surface area (Å²) in [6, 6.07) is 0. The molecule has 1 saturated carbocycles. The number of fused-ring (bicyclic) bond motifs is 1. The van der Waals surface area contributed by atoms with Gasteiger partial charge in [-0.3, -0.25) is 4.79 Å². The van der Waals surface area contributed by atoms with Gasteiger partial charge in [0.15, 0.2) is 0 Å². The van der Waals surface area contributed by atoms with Gasteiger partial charge < -0.3 is 14.8 Å². The maximum Gasteiger partial charge on any atom is 0.314 e. The van der Waals surface area contributed by atoms with Crippen LogP contribution in [0.4, 0.5) is 0 Å². The van der Waals surface area contributed by atoms with E-state index < -0.39 is 0 Å². The lowest BCUT2D eigenvalue weighted by Gasteiger charge is -2.42. The van der Waals surface area contributed by atoms with E-state index in [9.17, 15) is 4.79 Å². The summed E-state index contributed by atoms with van der Waals surface area (Å²) >= 11 is 0. The highest BCUT2D eigenvalue weighted by molar-refractivity contribution is 5.80. The summed E-state index contributed by atoms with van der Waals surface area (Å²) < 4.78 is 11.5. The number of rotatable bonds is 3. The molecule has 18 heavy (non-hydrogen) atoms. The highest BCUT2D eigenvalue weighted by Crippen LogP contribution is 2.64. The lowest BCUT2D eigenvalue weighted by atomic mass is 9.58. The van der Waals surface area contributed by atoms with Crippen molar-refractivity contribution in [3.63, 3.8) is 0 Å². The van der Waals surface area contributed by atoms with Gasteiger partial charge >= 0.3 is 5.97 Å². The molecular formula is C14H23NO3. The molecule has 3 heterocycles. The minimum absolute atomic E-state index is 0.0245. The maximum atomic E-state index is 12.3. The van der Waals surface area contributed by atoms with Crippen LogP contribution < -0.4 is 5.32 Å². The van der Waals surface area contributed by atoms with Crippen LogP contribution in [0.25, 0.3) is 0 Å². The van der Waals surface area contributed by atoms with Crippen molar-refractivity contribution in [2.24, 2.45) is 11.3 Å². The number of piperidine rings is 1. The van der Waals surface area contributed by atoms with Gasteiger partial charge in [-0.05, 0) is 58.5 Å². The highest BCUT2D eigenvalue weighted by Gasteiger charge is 2.71. The Balaban J connectivity index is 1.78. The molecule has 0 spiro atoms. The van der Waals surface area contributed by atoms with Crippen LogP contribution in [0.1, 0.15) is 39.5 Å². The third-order valence-corrected chi connectivity index (χ3v) is 4.83. The molecule has 3 saturated heterocycles. The Morgan fingerprint density at radius 3 is 2.67 bits per heavy atom. The van der Waals surface area contributed by atoms with Crippen LogP contribution in [0.2, 0.25) is 0 Å². The van der Waals surface area contributed by atoms with Crippen LogP contribution >= 0.6 is 0 Å². The lowest BCUT2D eigenvalue weighted by Crippen LogP contribution is -2.51. The minimum Gasteiger partial charge on any atom is -0.465 e. The van der Waals surface area contributed by atoms with Crippen LogP contribution in [-0.2, 0) is 14.3 Å². The molecule has 3 aliphatic heterocycles. The molecule has 1 atom stereocenters. The quantitative estimate of drug-likeness (QED) is 0.774. The van der Waals surface area contributed by atoms with Gasteiger partial charge in [-0.2, -0.15) is 0 Å². The Kier molecular flexibility index (Phi) is 2.90. The van der Waals surface area contributed by atoms with Crippen molar-refractivity contribution in [2.75, 3.05) is 19.7 Å². The molecule has 0 radical (unpaired) electrons. The fourth-order valence-corrected chi connectivity index (χ4v) is 4.22. The van der Waals surface area contributed by atoms with Crippen molar-refractivity contribution < 1.29 is 14.3 Å². The largest absolute Gasteiger partial charge is 0.465 e. The Morgan fingerprint density at radius 1 is 1.39 bits per heavy atom. The predicted octanol–water partition coefficient (Wildman–Crippen LogP) is 1.49. The van der Waals surface area contributed by atoms with Crippen molar-refractivity contribution in [1.29, 1.82) is 0 Å². The first-order valence-corrected chi connectivity index (χ1v) is 7.15. The van der Waals surface area contributed by atoms with Crippen LogP contribution in [0.15, 0.2) is 0 Å². The normalized spacial score (nSPS) is 43.6. The lowest BCUT2D eigenvalue weighted by molar-refractivity contribution is -0.162. The summed E-state index contributed by atoms with van der Waals surface area (Å²) in [7, 11) is 0. The predicted molar refractivity (Wildman–Crippen MR) is 67.2 cm³/mol. The summed E-state index contributed by atoms with van der Waals surface area (Å²) in [5.74, 6) is 0.489. The molecule has 4 heteroatoms. The van der Waals surface area contributed by atoms with E-state index in [-0.39, 0.29) is 23.1 Å². The number of nitrogens with one attached hydrogen (secondary N) is 1. The summed E-state index contributed by atoms with van der Waals surface area (Å²) in [6.45, 7) is 6.56. The molecule has 4 fully saturated rings. The Bertz CT molecular complexity index is 343. The molecule has 0 aromatic rings. The van der Waals surface area contributed by atoms with E-state index in [1.807, 2.05) is 6.92 Å². The monoisotopic (exact) mass is 253 g/mol. The Labute approximate surface area is 108 Å². The topological polar surface area (TPSA) is 47.6 Å². The van der Waals surface area contributed by atoms with Crippen molar-refractivity contribution in [1.82, 2.24) is 5.32 Å². The molecule has 1 unspecified atom stereocenters.